The number of fused-ring (bicyclic) bond motifs is 1. The summed E-state index contributed by atoms with van der Waals surface area (Å²) in [5.41, 5.74) is 4.47. The fourth-order valence-corrected chi connectivity index (χ4v) is 4.65. The molecule has 2 aromatic heterocycles. The van der Waals surface area contributed by atoms with Crippen molar-refractivity contribution in [2.24, 2.45) is 0 Å². The van der Waals surface area contributed by atoms with Gasteiger partial charge in [0, 0.05) is 19.2 Å². The van der Waals surface area contributed by atoms with Crippen molar-refractivity contribution in [1.29, 1.82) is 5.26 Å². The van der Waals surface area contributed by atoms with E-state index in [9.17, 15) is 0 Å². The summed E-state index contributed by atoms with van der Waals surface area (Å²) in [5, 5.41) is 25.1. The Morgan fingerprint density at radius 3 is 2.53 bits per heavy atom. The number of nitrogens with one attached hydrogen (secondary N) is 2. The molecule has 0 bridgehead atoms. The molecule has 174 valence electrons. The number of nitrogens with zero attached hydrogens (tertiary/aromatic N) is 4. The average molecular weight is 473 g/mol. The minimum atomic E-state index is 0.0359. The molecule has 1 fully saturated rings. The van der Waals surface area contributed by atoms with E-state index in [-0.39, 0.29) is 6.10 Å². The van der Waals surface area contributed by atoms with Crippen LogP contribution in [0.5, 0.6) is 0 Å². The van der Waals surface area contributed by atoms with E-state index >= 15 is 0 Å². The summed E-state index contributed by atoms with van der Waals surface area (Å²) in [6, 6.07) is 15.7. The van der Waals surface area contributed by atoms with Gasteiger partial charge in [0.05, 0.1) is 46.0 Å². The number of aliphatic hydroxyl groups excluding tert-OH is 1. The van der Waals surface area contributed by atoms with Gasteiger partial charge in [-0.1, -0.05) is 48.8 Å². The van der Waals surface area contributed by atoms with Gasteiger partial charge in [-0.25, -0.2) is 9.97 Å². The predicted molar refractivity (Wildman–Crippen MR) is 138 cm³/mol. The van der Waals surface area contributed by atoms with Crippen LogP contribution in [0.1, 0.15) is 43.2 Å². The number of hydrogen-bond donors (Lipinski definition) is 3. The van der Waals surface area contributed by atoms with Crippen molar-refractivity contribution in [3.63, 3.8) is 0 Å². The first-order chi connectivity index (χ1) is 16.6. The van der Waals surface area contributed by atoms with Crippen LogP contribution in [0.15, 0.2) is 54.9 Å². The van der Waals surface area contributed by atoms with Crippen molar-refractivity contribution in [2.75, 3.05) is 17.7 Å². The normalized spacial score (nSPS) is 13.6. The van der Waals surface area contributed by atoms with E-state index in [4.69, 9.17) is 10.4 Å². The number of hydrogen-bond acceptors (Lipinski definition) is 8. The van der Waals surface area contributed by atoms with Crippen molar-refractivity contribution in [3.8, 4) is 17.3 Å². The fraction of sp³-hybridized carbons (Fsp3) is 0.308. The lowest BCUT2D eigenvalue weighted by Gasteiger charge is -2.14. The van der Waals surface area contributed by atoms with Gasteiger partial charge < -0.3 is 15.7 Å². The van der Waals surface area contributed by atoms with Crippen LogP contribution in [0, 0.1) is 11.3 Å². The van der Waals surface area contributed by atoms with Gasteiger partial charge in [-0.2, -0.15) is 5.26 Å². The van der Waals surface area contributed by atoms with E-state index in [1.165, 1.54) is 19.3 Å². The number of aliphatic hydroxyl groups is 1. The smallest absolute Gasteiger partial charge is 0.183 e. The lowest BCUT2D eigenvalue weighted by atomic mass is 9.98. The highest BCUT2D eigenvalue weighted by atomic mass is 32.1. The molecule has 0 amide bonds. The maximum absolute atomic E-state index is 8.91. The highest BCUT2D eigenvalue weighted by Crippen LogP contribution is 2.26. The third-order valence-electron chi connectivity index (χ3n) is 5.66. The van der Waals surface area contributed by atoms with Crippen LogP contribution in [0.2, 0.25) is 0 Å². The average Bonchev–Trinajstić information content (AvgIpc) is 3.31. The van der Waals surface area contributed by atoms with E-state index in [1.807, 2.05) is 25.2 Å². The summed E-state index contributed by atoms with van der Waals surface area (Å²) in [6.07, 6.45) is 9.35. The van der Waals surface area contributed by atoms with Crippen LogP contribution < -0.4 is 10.6 Å². The third kappa shape index (κ3) is 6.28. The quantitative estimate of drug-likeness (QED) is 0.347. The molecular weight excluding hydrogens is 444 g/mol. The van der Waals surface area contributed by atoms with Gasteiger partial charge in [0.2, 0.25) is 0 Å². The lowest BCUT2D eigenvalue weighted by Crippen LogP contribution is -2.09. The molecule has 7 nitrogen and oxygen atoms in total. The Bertz CT molecular complexity index is 1260. The summed E-state index contributed by atoms with van der Waals surface area (Å²) < 4.78 is 1.15. The molecule has 1 aliphatic rings. The summed E-state index contributed by atoms with van der Waals surface area (Å²) >= 11 is 1.63. The van der Waals surface area contributed by atoms with Gasteiger partial charge in [0.1, 0.15) is 5.82 Å². The molecule has 1 aliphatic carbocycles. The second-order valence-corrected chi connectivity index (χ2v) is 9.23. The zero-order valence-corrected chi connectivity index (χ0v) is 20.0. The molecule has 0 atom stereocenters. The van der Waals surface area contributed by atoms with Crippen molar-refractivity contribution < 1.29 is 5.11 Å². The largest absolute Gasteiger partial charge is 0.393 e. The Morgan fingerprint density at radius 2 is 1.85 bits per heavy atom. The lowest BCUT2D eigenvalue weighted by molar-refractivity contribution is 0.130. The maximum atomic E-state index is 8.91. The van der Waals surface area contributed by atoms with Crippen LogP contribution in [-0.4, -0.2) is 33.2 Å². The first-order valence-electron chi connectivity index (χ1n) is 11.5. The Hall–Kier alpha value is -3.54. The van der Waals surface area contributed by atoms with Gasteiger partial charge >= 0.3 is 0 Å². The second-order valence-electron chi connectivity index (χ2n) is 8.20. The van der Waals surface area contributed by atoms with Crippen LogP contribution in [-0.2, 0) is 6.54 Å². The number of thiazole rings is 1. The highest BCUT2D eigenvalue weighted by Gasteiger charge is 2.08. The second kappa shape index (κ2) is 11.5. The molecule has 0 radical (unpaired) electrons. The van der Waals surface area contributed by atoms with E-state index in [2.05, 4.69) is 43.8 Å². The van der Waals surface area contributed by atoms with Crippen LogP contribution >= 0.6 is 11.3 Å². The number of rotatable bonds is 5. The number of nitriles is 1. The molecule has 34 heavy (non-hydrogen) atoms. The van der Waals surface area contributed by atoms with Gasteiger partial charge in [0.15, 0.2) is 5.13 Å². The van der Waals surface area contributed by atoms with Crippen molar-refractivity contribution in [3.05, 3.63) is 66.0 Å². The standard InChI is InChI=1S/C20H16N6S.C6H12O/c1-22-20-26-16-7-4-14(8-18(16)27-20)10-24-19-12-23-11-17(25-19)15-5-2-13(9-21)3-6-15;7-6-4-2-1-3-5-6/h2-8,11-12H,10H2,1H3,(H,22,26)(H,24,25);6-7H,1-5H2. The molecule has 3 N–H and O–H groups in total. The van der Waals surface area contributed by atoms with Gasteiger partial charge in [-0.3, -0.25) is 4.98 Å². The molecule has 0 unspecified atom stereocenters. The number of benzene rings is 2. The zero-order valence-electron chi connectivity index (χ0n) is 19.2. The third-order valence-corrected chi connectivity index (χ3v) is 6.70. The highest BCUT2D eigenvalue weighted by molar-refractivity contribution is 7.22. The van der Waals surface area contributed by atoms with Crippen molar-refractivity contribution >= 4 is 32.5 Å². The first kappa shape index (κ1) is 23.6. The molecule has 1 saturated carbocycles. The Morgan fingerprint density at radius 1 is 1.06 bits per heavy atom. The molecule has 2 aromatic carbocycles. The predicted octanol–water partition coefficient (Wildman–Crippen LogP) is 5.59. The molecular formula is C26H28N6OS. The summed E-state index contributed by atoms with van der Waals surface area (Å²) in [6.45, 7) is 0.647. The van der Waals surface area contributed by atoms with Crippen LogP contribution in [0.25, 0.3) is 21.5 Å². The molecule has 0 spiro atoms. The summed E-state index contributed by atoms with van der Waals surface area (Å²) in [7, 11) is 1.87. The maximum Gasteiger partial charge on any atom is 0.183 e. The molecule has 8 heteroatoms. The minimum Gasteiger partial charge on any atom is -0.393 e. The summed E-state index contributed by atoms with van der Waals surface area (Å²) in [5.74, 6) is 0.706. The van der Waals surface area contributed by atoms with E-state index < -0.39 is 0 Å². The fourth-order valence-electron chi connectivity index (χ4n) is 3.77. The molecule has 0 saturated heterocycles. The topological polar surface area (TPSA) is 107 Å². The van der Waals surface area contributed by atoms with Crippen molar-refractivity contribution in [1.82, 2.24) is 15.0 Å². The van der Waals surface area contributed by atoms with Gasteiger partial charge in [-0.15, -0.1) is 0 Å². The Labute approximate surface area is 203 Å². The molecule has 5 rings (SSSR count). The van der Waals surface area contributed by atoms with Gasteiger partial charge in [-0.05, 0) is 42.7 Å². The molecule has 0 aliphatic heterocycles. The number of anilines is 2. The van der Waals surface area contributed by atoms with Crippen LogP contribution in [0.4, 0.5) is 10.9 Å². The zero-order chi connectivity index (χ0) is 23.8. The van der Waals surface area contributed by atoms with Gasteiger partial charge in [0.25, 0.3) is 0 Å². The van der Waals surface area contributed by atoms with Crippen LogP contribution in [0.3, 0.4) is 0 Å². The Balaban J connectivity index is 0.000000336. The van der Waals surface area contributed by atoms with E-state index in [1.54, 1.807) is 35.9 Å². The summed E-state index contributed by atoms with van der Waals surface area (Å²) in [4.78, 5) is 13.4. The SMILES string of the molecule is CNc1nc2ccc(CNc3cncc(-c4ccc(C#N)cc4)n3)cc2s1.OC1CCCCC1. The molecule has 2 heterocycles. The first-order valence-corrected chi connectivity index (χ1v) is 12.3. The number of aromatic nitrogens is 3. The van der Waals surface area contributed by atoms with Crippen molar-refractivity contribution in [2.45, 2.75) is 44.8 Å². The minimum absolute atomic E-state index is 0.0359. The van der Waals surface area contributed by atoms with E-state index in [0.717, 1.165) is 45.0 Å². The Kier molecular flexibility index (Phi) is 8.02. The monoisotopic (exact) mass is 472 g/mol. The molecule has 4 aromatic rings. The van der Waals surface area contributed by atoms with E-state index in [0.29, 0.717) is 17.9 Å².